The van der Waals surface area contributed by atoms with Crippen LogP contribution in [0.5, 0.6) is 0 Å². The minimum absolute atomic E-state index is 0.0199. The van der Waals surface area contributed by atoms with Gasteiger partial charge in [-0.05, 0) is 0 Å². The van der Waals surface area contributed by atoms with Crippen LogP contribution in [0.4, 0.5) is 5.82 Å². The summed E-state index contributed by atoms with van der Waals surface area (Å²) in [7, 11) is 1.76. The van der Waals surface area contributed by atoms with Gasteiger partial charge in [-0.25, -0.2) is 4.98 Å². The zero-order valence-electron chi connectivity index (χ0n) is 10.4. The topological polar surface area (TPSA) is 95.4 Å². The van der Waals surface area contributed by atoms with E-state index in [1.807, 2.05) is 0 Å². The van der Waals surface area contributed by atoms with Crippen LogP contribution in [0.1, 0.15) is 6.42 Å². The number of hydrogen-bond donors (Lipinski definition) is 2. The second kappa shape index (κ2) is 5.87. The summed E-state index contributed by atoms with van der Waals surface area (Å²) in [5.74, 6) is -0.290. The molecule has 19 heavy (non-hydrogen) atoms. The minimum Gasteiger partial charge on any atom is -0.481 e. The monoisotopic (exact) mass is 282 g/mol. The molecule has 0 saturated carbocycles. The number of thioether (sulfide) groups is 1. The molecule has 0 aliphatic carbocycles. The van der Waals surface area contributed by atoms with E-state index >= 15 is 0 Å². The van der Waals surface area contributed by atoms with Crippen LogP contribution in [-0.4, -0.2) is 57.2 Å². The summed E-state index contributed by atoms with van der Waals surface area (Å²) in [5, 5.41) is 12.3. The largest absolute Gasteiger partial charge is 0.481 e. The lowest BCUT2D eigenvalue weighted by molar-refractivity contribution is -0.134. The van der Waals surface area contributed by atoms with Crippen molar-refractivity contribution in [3.05, 3.63) is 12.4 Å². The Morgan fingerprint density at radius 1 is 1.63 bits per heavy atom. The number of anilines is 1. The fourth-order valence-electron chi connectivity index (χ4n) is 1.79. The van der Waals surface area contributed by atoms with Crippen molar-refractivity contribution >= 4 is 29.5 Å². The second-order valence-electron chi connectivity index (χ2n) is 4.24. The number of carboxylic acid groups (broad SMARTS) is 1. The van der Waals surface area contributed by atoms with Crippen LogP contribution in [0, 0.1) is 0 Å². The molecule has 2 N–H and O–H groups in total. The number of carbonyl (C=O) groups is 2. The van der Waals surface area contributed by atoms with Gasteiger partial charge in [0, 0.05) is 20.0 Å². The molecule has 1 amide bonds. The number of carbonyl (C=O) groups excluding carboxylic acids is 1. The van der Waals surface area contributed by atoms with Crippen LogP contribution in [0.2, 0.25) is 0 Å². The number of nitrogens with one attached hydrogen (secondary N) is 1. The van der Waals surface area contributed by atoms with E-state index in [2.05, 4.69) is 15.3 Å². The smallest absolute Gasteiger partial charge is 0.313 e. The Balaban J connectivity index is 1.95. The van der Waals surface area contributed by atoms with Crippen LogP contribution in [0.3, 0.4) is 0 Å². The summed E-state index contributed by atoms with van der Waals surface area (Å²) < 4.78 is 0. The van der Waals surface area contributed by atoms with Crippen molar-refractivity contribution in [3.8, 4) is 0 Å². The molecule has 0 bridgehead atoms. The molecular formula is C11H14N4O3S. The molecule has 7 nitrogen and oxygen atoms in total. The quantitative estimate of drug-likeness (QED) is 0.750. The molecule has 1 aliphatic heterocycles. The summed E-state index contributed by atoms with van der Waals surface area (Å²) in [4.78, 5) is 31.8. The molecule has 0 unspecified atom stereocenters. The fraction of sp³-hybridized carbons (Fsp3) is 0.455. The number of rotatable bonds is 5. The zero-order valence-corrected chi connectivity index (χ0v) is 11.2. The highest BCUT2D eigenvalue weighted by atomic mass is 32.2. The Bertz CT molecular complexity index is 497. The van der Waals surface area contributed by atoms with E-state index in [1.54, 1.807) is 18.1 Å². The molecule has 1 aromatic heterocycles. The Morgan fingerprint density at radius 3 is 3.05 bits per heavy atom. The third kappa shape index (κ3) is 3.82. The zero-order chi connectivity index (χ0) is 13.8. The van der Waals surface area contributed by atoms with Crippen molar-refractivity contribution in [2.24, 2.45) is 0 Å². The molecule has 0 aromatic carbocycles. The molecular weight excluding hydrogens is 268 g/mol. The van der Waals surface area contributed by atoms with Gasteiger partial charge in [0.15, 0.2) is 0 Å². The average Bonchev–Trinajstić information content (AvgIpc) is 2.66. The van der Waals surface area contributed by atoms with E-state index in [-0.39, 0.29) is 17.7 Å². The van der Waals surface area contributed by atoms with E-state index in [0.717, 1.165) is 11.8 Å². The van der Waals surface area contributed by atoms with Gasteiger partial charge in [-0.15, -0.1) is 0 Å². The van der Waals surface area contributed by atoms with Crippen molar-refractivity contribution in [2.45, 2.75) is 17.5 Å². The van der Waals surface area contributed by atoms with Gasteiger partial charge < -0.3 is 15.3 Å². The lowest BCUT2D eigenvalue weighted by atomic mass is 10.2. The predicted octanol–water partition coefficient (Wildman–Crippen LogP) is 0.296. The van der Waals surface area contributed by atoms with E-state index in [1.165, 1.54) is 6.20 Å². The Hall–Kier alpha value is -1.83. The van der Waals surface area contributed by atoms with Gasteiger partial charge in [0.2, 0.25) is 5.91 Å². The first-order chi connectivity index (χ1) is 9.04. The summed E-state index contributed by atoms with van der Waals surface area (Å²) in [5.41, 5.74) is 0. The van der Waals surface area contributed by atoms with E-state index in [0.29, 0.717) is 23.8 Å². The molecule has 1 aliphatic rings. The predicted molar refractivity (Wildman–Crippen MR) is 70.1 cm³/mol. The molecule has 0 spiro atoms. The van der Waals surface area contributed by atoms with Crippen LogP contribution in [0.15, 0.2) is 17.4 Å². The van der Waals surface area contributed by atoms with Crippen LogP contribution in [-0.2, 0) is 9.59 Å². The summed E-state index contributed by atoms with van der Waals surface area (Å²) in [6.07, 6.45) is 3.52. The number of likely N-dealkylation sites (tertiary alicyclic amines) is 1. The van der Waals surface area contributed by atoms with E-state index < -0.39 is 5.97 Å². The molecule has 1 aromatic rings. The lowest BCUT2D eigenvalue weighted by Crippen LogP contribution is -2.24. The van der Waals surface area contributed by atoms with Crippen molar-refractivity contribution in [1.29, 1.82) is 0 Å². The number of aliphatic carboxylic acids is 1. The Labute approximate surface area is 114 Å². The number of aromatic nitrogens is 2. The second-order valence-corrected chi connectivity index (χ2v) is 5.24. The Morgan fingerprint density at radius 2 is 2.42 bits per heavy atom. The molecule has 8 heteroatoms. The van der Waals surface area contributed by atoms with Gasteiger partial charge in [-0.1, -0.05) is 11.8 Å². The Kier molecular flexibility index (Phi) is 4.20. The van der Waals surface area contributed by atoms with Gasteiger partial charge in [0.05, 0.1) is 24.2 Å². The van der Waals surface area contributed by atoms with E-state index in [4.69, 9.17) is 5.11 Å². The van der Waals surface area contributed by atoms with Crippen LogP contribution >= 0.6 is 11.8 Å². The summed E-state index contributed by atoms with van der Waals surface area (Å²) >= 11 is 1.11. The molecule has 102 valence electrons. The first-order valence-electron chi connectivity index (χ1n) is 5.71. The van der Waals surface area contributed by atoms with Crippen molar-refractivity contribution in [3.63, 3.8) is 0 Å². The average molecular weight is 282 g/mol. The maximum atomic E-state index is 11.4. The fourth-order valence-corrected chi connectivity index (χ4v) is 2.36. The SMILES string of the molecule is CN1C[C@H](Nc2cncc(SCC(=O)O)n2)CC1=O. The first kappa shape index (κ1) is 13.6. The number of hydrogen-bond acceptors (Lipinski definition) is 6. The maximum Gasteiger partial charge on any atom is 0.313 e. The number of carboxylic acids is 1. The minimum atomic E-state index is -0.895. The highest BCUT2D eigenvalue weighted by Crippen LogP contribution is 2.18. The molecule has 1 atom stereocenters. The summed E-state index contributed by atoms with van der Waals surface area (Å²) in [6, 6.07) is 0.0199. The third-order valence-electron chi connectivity index (χ3n) is 2.65. The lowest BCUT2D eigenvalue weighted by Gasteiger charge is -2.12. The third-order valence-corrected chi connectivity index (χ3v) is 3.53. The highest BCUT2D eigenvalue weighted by molar-refractivity contribution is 7.99. The van der Waals surface area contributed by atoms with Crippen LogP contribution < -0.4 is 5.32 Å². The standard InChI is InChI=1S/C11H14N4O3S/c1-15-5-7(2-10(15)16)13-8-3-12-4-9(14-8)19-6-11(17)18/h3-4,7H,2,5-6H2,1H3,(H,13,14)(H,17,18)/t7-/m1/s1. The number of nitrogens with zero attached hydrogens (tertiary/aromatic N) is 3. The van der Waals surface area contributed by atoms with Gasteiger partial charge in [-0.3, -0.25) is 14.6 Å². The van der Waals surface area contributed by atoms with Crippen molar-refractivity contribution in [2.75, 3.05) is 24.7 Å². The number of amides is 1. The summed E-state index contributed by atoms with van der Waals surface area (Å²) in [6.45, 7) is 0.632. The molecule has 0 radical (unpaired) electrons. The molecule has 2 rings (SSSR count). The van der Waals surface area contributed by atoms with Gasteiger partial charge in [0.1, 0.15) is 10.8 Å². The van der Waals surface area contributed by atoms with Crippen molar-refractivity contribution in [1.82, 2.24) is 14.9 Å². The molecule has 2 heterocycles. The maximum absolute atomic E-state index is 11.4. The highest BCUT2D eigenvalue weighted by Gasteiger charge is 2.26. The van der Waals surface area contributed by atoms with Gasteiger partial charge in [0.25, 0.3) is 0 Å². The number of likely N-dealkylation sites (N-methyl/N-ethyl adjacent to an activating group) is 1. The van der Waals surface area contributed by atoms with Crippen LogP contribution in [0.25, 0.3) is 0 Å². The van der Waals surface area contributed by atoms with E-state index in [9.17, 15) is 9.59 Å². The molecule has 1 fully saturated rings. The first-order valence-corrected chi connectivity index (χ1v) is 6.70. The normalized spacial score (nSPS) is 18.7. The van der Waals surface area contributed by atoms with Crippen molar-refractivity contribution < 1.29 is 14.7 Å². The van der Waals surface area contributed by atoms with Gasteiger partial charge >= 0.3 is 5.97 Å². The molecule has 1 saturated heterocycles. The van der Waals surface area contributed by atoms with Gasteiger partial charge in [-0.2, -0.15) is 0 Å².